The summed E-state index contributed by atoms with van der Waals surface area (Å²) < 4.78 is 0. The standard InChI is InChI=1S/C29H50N2O3/c1-3-4-5-6-7-8-9-10-11-12-13-14-15-16-17-18-19-20-21-22-29(32)30-27-24-23-26(2)25-28(27)31(33)34/h23-25H,3-22H2,1-2H3,(H,30,32). The summed E-state index contributed by atoms with van der Waals surface area (Å²) in [4.78, 5) is 22.8. The molecule has 0 aliphatic heterocycles. The van der Waals surface area contributed by atoms with Crippen molar-refractivity contribution in [1.82, 2.24) is 0 Å². The van der Waals surface area contributed by atoms with E-state index in [1.807, 2.05) is 0 Å². The molecule has 1 N–H and O–H groups in total. The number of nitro benzene ring substituents is 1. The first-order valence-corrected chi connectivity index (χ1v) is 14.1. The van der Waals surface area contributed by atoms with Crippen molar-refractivity contribution in [3.63, 3.8) is 0 Å². The van der Waals surface area contributed by atoms with Gasteiger partial charge in [0.05, 0.1) is 4.92 Å². The van der Waals surface area contributed by atoms with Gasteiger partial charge in [0.2, 0.25) is 5.91 Å². The summed E-state index contributed by atoms with van der Waals surface area (Å²) in [7, 11) is 0. The number of nitro groups is 1. The second-order valence-electron chi connectivity index (χ2n) is 9.94. The largest absolute Gasteiger partial charge is 0.320 e. The summed E-state index contributed by atoms with van der Waals surface area (Å²) in [6.45, 7) is 4.08. The molecule has 0 spiro atoms. The van der Waals surface area contributed by atoms with E-state index >= 15 is 0 Å². The molecule has 0 unspecified atom stereocenters. The van der Waals surface area contributed by atoms with Crippen LogP contribution in [0.25, 0.3) is 0 Å². The van der Waals surface area contributed by atoms with Gasteiger partial charge in [-0.2, -0.15) is 0 Å². The predicted molar refractivity (Wildman–Crippen MR) is 144 cm³/mol. The SMILES string of the molecule is CCCCCCCCCCCCCCCCCCCCCC(=O)Nc1ccc(C)cc1[N+](=O)[O-]. The highest BCUT2D eigenvalue weighted by Crippen LogP contribution is 2.25. The van der Waals surface area contributed by atoms with Gasteiger partial charge in [0.15, 0.2) is 0 Å². The van der Waals surface area contributed by atoms with Crippen LogP contribution >= 0.6 is 0 Å². The number of benzene rings is 1. The molecule has 1 amide bonds. The molecular weight excluding hydrogens is 424 g/mol. The van der Waals surface area contributed by atoms with Gasteiger partial charge in [-0.25, -0.2) is 0 Å². The fraction of sp³-hybridized carbons (Fsp3) is 0.759. The van der Waals surface area contributed by atoms with Gasteiger partial charge >= 0.3 is 0 Å². The van der Waals surface area contributed by atoms with Gasteiger partial charge < -0.3 is 5.32 Å². The van der Waals surface area contributed by atoms with Gasteiger partial charge in [0, 0.05) is 12.5 Å². The fourth-order valence-corrected chi connectivity index (χ4v) is 4.48. The molecule has 0 heterocycles. The number of carbonyl (C=O) groups excluding carboxylic acids is 1. The van der Waals surface area contributed by atoms with E-state index in [4.69, 9.17) is 0 Å². The number of hydrogen-bond donors (Lipinski definition) is 1. The molecule has 0 radical (unpaired) electrons. The maximum absolute atomic E-state index is 12.1. The second kappa shape index (κ2) is 20.5. The van der Waals surface area contributed by atoms with Gasteiger partial charge in [0.1, 0.15) is 5.69 Å². The van der Waals surface area contributed by atoms with E-state index in [2.05, 4.69) is 12.2 Å². The van der Waals surface area contributed by atoms with Gasteiger partial charge in [-0.05, 0) is 25.0 Å². The van der Waals surface area contributed by atoms with Crippen LogP contribution in [0.3, 0.4) is 0 Å². The Bertz CT molecular complexity index is 675. The van der Waals surface area contributed by atoms with Crippen LogP contribution in [0.4, 0.5) is 11.4 Å². The number of amides is 1. The summed E-state index contributed by atoms with van der Waals surface area (Å²) >= 11 is 0. The molecule has 0 aromatic heterocycles. The van der Waals surface area contributed by atoms with Crippen LogP contribution in [0.2, 0.25) is 0 Å². The van der Waals surface area contributed by atoms with Crippen LogP contribution in [-0.4, -0.2) is 10.8 Å². The molecule has 0 fully saturated rings. The molecular formula is C29H50N2O3. The lowest BCUT2D eigenvalue weighted by molar-refractivity contribution is -0.384. The summed E-state index contributed by atoms with van der Waals surface area (Å²) in [6.07, 6.45) is 25.6. The number of anilines is 1. The summed E-state index contributed by atoms with van der Waals surface area (Å²) in [5, 5.41) is 13.8. The lowest BCUT2D eigenvalue weighted by Gasteiger charge is -2.07. The Morgan fingerprint density at radius 3 is 1.56 bits per heavy atom. The molecule has 0 saturated carbocycles. The molecule has 1 aromatic carbocycles. The van der Waals surface area contributed by atoms with Crippen LogP contribution in [0.1, 0.15) is 141 Å². The highest BCUT2D eigenvalue weighted by Gasteiger charge is 2.15. The Balaban J connectivity index is 1.88. The van der Waals surface area contributed by atoms with Crippen molar-refractivity contribution in [3.05, 3.63) is 33.9 Å². The van der Waals surface area contributed by atoms with Crippen molar-refractivity contribution in [3.8, 4) is 0 Å². The molecule has 0 aliphatic rings. The van der Waals surface area contributed by atoms with Crippen molar-refractivity contribution in [2.45, 2.75) is 142 Å². The number of aryl methyl sites for hydroxylation is 1. The molecule has 0 bridgehead atoms. The minimum atomic E-state index is -0.445. The van der Waals surface area contributed by atoms with E-state index in [0.29, 0.717) is 12.1 Å². The third-order valence-electron chi connectivity index (χ3n) is 6.63. The van der Waals surface area contributed by atoms with Crippen molar-refractivity contribution in [2.24, 2.45) is 0 Å². The number of hydrogen-bond acceptors (Lipinski definition) is 3. The molecule has 5 heteroatoms. The number of nitrogens with zero attached hydrogens (tertiary/aromatic N) is 1. The number of nitrogens with one attached hydrogen (secondary N) is 1. The average Bonchev–Trinajstić information content (AvgIpc) is 2.81. The second-order valence-corrected chi connectivity index (χ2v) is 9.94. The average molecular weight is 475 g/mol. The van der Waals surface area contributed by atoms with Crippen LogP contribution in [0.15, 0.2) is 18.2 Å². The van der Waals surface area contributed by atoms with Crippen molar-refractivity contribution in [2.75, 3.05) is 5.32 Å². The maximum atomic E-state index is 12.1. The van der Waals surface area contributed by atoms with Crippen LogP contribution in [0, 0.1) is 17.0 Å². The first kappa shape index (κ1) is 30.1. The number of carbonyl (C=O) groups is 1. The lowest BCUT2D eigenvalue weighted by atomic mass is 10.0. The molecule has 0 saturated heterocycles. The smallest absolute Gasteiger partial charge is 0.293 e. The minimum Gasteiger partial charge on any atom is -0.320 e. The predicted octanol–water partition coefficient (Wildman–Crippen LogP) is 9.66. The highest BCUT2D eigenvalue weighted by atomic mass is 16.6. The van der Waals surface area contributed by atoms with E-state index in [0.717, 1.165) is 24.8 Å². The number of rotatable bonds is 22. The van der Waals surface area contributed by atoms with Crippen molar-refractivity contribution >= 4 is 17.3 Å². The van der Waals surface area contributed by atoms with E-state index in [1.54, 1.807) is 19.1 Å². The first-order chi connectivity index (χ1) is 16.5. The quantitative estimate of drug-likeness (QED) is 0.103. The Labute approximate surface area is 208 Å². The number of unbranched alkanes of at least 4 members (excludes halogenated alkanes) is 18. The first-order valence-electron chi connectivity index (χ1n) is 14.1. The van der Waals surface area contributed by atoms with Gasteiger partial charge in [0.25, 0.3) is 5.69 Å². The van der Waals surface area contributed by atoms with Crippen LogP contribution in [0.5, 0.6) is 0 Å². The van der Waals surface area contributed by atoms with E-state index in [1.165, 1.54) is 109 Å². The normalized spacial score (nSPS) is 11.0. The third-order valence-corrected chi connectivity index (χ3v) is 6.63. The molecule has 34 heavy (non-hydrogen) atoms. The lowest BCUT2D eigenvalue weighted by Crippen LogP contribution is -2.12. The van der Waals surface area contributed by atoms with Crippen LogP contribution in [-0.2, 0) is 4.79 Å². The highest BCUT2D eigenvalue weighted by molar-refractivity contribution is 5.93. The molecule has 0 aliphatic carbocycles. The fourth-order valence-electron chi connectivity index (χ4n) is 4.48. The monoisotopic (exact) mass is 474 g/mol. The van der Waals surface area contributed by atoms with Crippen molar-refractivity contribution in [1.29, 1.82) is 0 Å². The zero-order chi connectivity index (χ0) is 24.9. The summed E-state index contributed by atoms with van der Waals surface area (Å²) in [6, 6.07) is 4.88. The Hall–Kier alpha value is -1.91. The van der Waals surface area contributed by atoms with E-state index < -0.39 is 4.92 Å². The van der Waals surface area contributed by atoms with E-state index in [-0.39, 0.29) is 11.6 Å². The Kier molecular flexibility index (Phi) is 18.1. The molecule has 1 rings (SSSR count). The van der Waals surface area contributed by atoms with Crippen LogP contribution < -0.4 is 5.32 Å². The summed E-state index contributed by atoms with van der Waals surface area (Å²) in [5.41, 5.74) is 1.06. The molecule has 0 atom stereocenters. The zero-order valence-corrected chi connectivity index (χ0v) is 22.0. The summed E-state index contributed by atoms with van der Waals surface area (Å²) in [5.74, 6) is -0.140. The zero-order valence-electron chi connectivity index (χ0n) is 22.0. The minimum absolute atomic E-state index is 0.0403. The van der Waals surface area contributed by atoms with E-state index in [9.17, 15) is 14.9 Å². The van der Waals surface area contributed by atoms with Gasteiger partial charge in [-0.15, -0.1) is 0 Å². The molecule has 194 valence electrons. The van der Waals surface area contributed by atoms with Gasteiger partial charge in [-0.1, -0.05) is 129 Å². The topological polar surface area (TPSA) is 72.2 Å². The molecule has 1 aromatic rings. The molecule has 5 nitrogen and oxygen atoms in total. The third kappa shape index (κ3) is 15.8. The Morgan fingerprint density at radius 1 is 0.735 bits per heavy atom. The Morgan fingerprint density at radius 2 is 1.15 bits per heavy atom. The van der Waals surface area contributed by atoms with Crippen molar-refractivity contribution < 1.29 is 9.72 Å². The van der Waals surface area contributed by atoms with Gasteiger partial charge in [-0.3, -0.25) is 14.9 Å². The maximum Gasteiger partial charge on any atom is 0.293 e.